The van der Waals surface area contributed by atoms with Crippen LogP contribution in [-0.4, -0.2) is 58.4 Å². The molecule has 0 radical (unpaired) electrons. The van der Waals surface area contributed by atoms with Crippen LogP contribution >= 0.6 is 0 Å². The van der Waals surface area contributed by atoms with E-state index >= 15 is 0 Å². The Bertz CT molecular complexity index is 491. The van der Waals surface area contributed by atoms with Crippen LogP contribution in [0.4, 0.5) is 4.79 Å². The largest absolute Gasteiger partial charge is 0.480 e. The molecule has 21 heavy (non-hydrogen) atoms. The number of hydrogen-bond acceptors (Lipinski definition) is 5. The third-order valence-corrected chi connectivity index (χ3v) is 2.90. The van der Waals surface area contributed by atoms with E-state index in [1.54, 1.807) is 6.92 Å². The Kier molecular flexibility index (Phi) is 5.22. The number of piperazine rings is 1. The fourth-order valence-corrected chi connectivity index (χ4v) is 1.92. The van der Waals surface area contributed by atoms with E-state index in [0.717, 1.165) is 4.90 Å². The monoisotopic (exact) mass is 300 g/mol. The molecule has 0 aromatic heterocycles. The third kappa shape index (κ3) is 4.16. The molecule has 2 atom stereocenters. The highest BCUT2D eigenvalue weighted by molar-refractivity contribution is 6.04. The molecule has 0 bridgehead atoms. The number of hydrogen-bond donors (Lipinski definition) is 4. The van der Waals surface area contributed by atoms with Gasteiger partial charge < -0.3 is 21.1 Å². The average molecular weight is 300 g/mol. The van der Waals surface area contributed by atoms with Crippen LogP contribution in [0.15, 0.2) is 0 Å². The lowest BCUT2D eigenvalue weighted by Gasteiger charge is -2.33. The van der Waals surface area contributed by atoms with Gasteiger partial charge in [0.25, 0.3) is 0 Å². The zero-order valence-corrected chi connectivity index (χ0v) is 11.3. The van der Waals surface area contributed by atoms with E-state index in [-0.39, 0.29) is 13.0 Å². The van der Waals surface area contributed by atoms with Crippen LogP contribution in [0, 0.1) is 0 Å². The maximum absolute atomic E-state index is 12.0. The molecule has 2 unspecified atom stereocenters. The smallest absolute Gasteiger partial charge is 0.326 e. The number of nitrogens with zero attached hydrogens (tertiary/aromatic N) is 1. The normalized spacial score (nSPS) is 19.7. The molecular formula is C11H16N4O6. The van der Waals surface area contributed by atoms with Gasteiger partial charge in [0, 0.05) is 0 Å². The van der Waals surface area contributed by atoms with Gasteiger partial charge in [-0.05, 0) is 6.42 Å². The summed E-state index contributed by atoms with van der Waals surface area (Å²) in [6, 6.07) is -3.32. The molecule has 1 heterocycles. The molecule has 0 aromatic rings. The SMILES string of the molecule is CCC1C(=O)NC(=O)CN1C(=O)NC(CC(N)=O)C(=O)O. The summed E-state index contributed by atoms with van der Waals surface area (Å²) in [5.41, 5.74) is 4.90. The molecule has 1 fully saturated rings. The second kappa shape index (κ2) is 6.68. The van der Waals surface area contributed by atoms with Gasteiger partial charge in [-0.3, -0.25) is 19.7 Å². The van der Waals surface area contributed by atoms with Crippen LogP contribution in [0.5, 0.6) is 0 Å². The van der Waals surface area contributed by atoms with Gasteiger partial charge in [0.05, 0.1) is 6.42 Å². The Morgan fingerprint density at radius 2 is 2.10 bits per heavy atom. The predicted molar refractivity (Wildman–Crippen MR) is 67.7 cm³/mol. The highest BCUT2D eigenvalue weighted by Crippen LogP contribution is 2.10. The predicted octanol–water partition coefficient (Wildman–Crippen LogP) is -2.24. The van der Waals surface area contributed by atoms with E-state index in [9.17, 15) is 24.0 Å². The van der Waals surface area contributed by atoms with E-state index in [4.69, 9.17) is 10.8 Å². The summed E-state index contributed by atoms with van der Waals surface area (Å²) in [5.74, 6) is -3.64. The second-order valence-corrected chi connectivity index (χ2v) is 4.48. The number of nitrogens with two attached hydrogens (primary N) is 1. The highest BCUT2D eigenvalue weighted by atomic mass is 16.4. The van der Waals surface area contributed by atoms with Crippen LogP contribution < -0.4 is 16.4 Å². The maximum Gasteiger partial charge on any atom is 0.326 e. The summed E-state index contributed by atoms with van der Waals surface area (Å²) in [5, 5.41) is 13.1. The van der Waals surface area contributed by atoms with Gasteiger partial charge in [0.2, 0.25) is 17.7 Å². The lowest BCUT2D eigenvalue weighted by Crippen LogP contribution is -2.62. The highest BCUT2D eigenvalue weighted by Gasteiger charge is 2.37. The van der Waals surface area contributed by atoms with E-state index < -0.39 is 48.2 Å². The van der Waals surface area contributed by atoms with E-state index in [1.807, 2.05) is 0 Å². The quantitative estimate of drug-likeness (QED) is 0.420. The molecule has 0 saturated carbocycles. The summed E-state index contributed by atoms with van der Waals surface area (Å²) < 4.78 is 0. The van der Waals surface area contributed by atoms with E-state index in [1.165, 1.54) is 0 Å². The number of carboxylic acids is 1. The number of urea groups is 1. The van der Waals surface area contributed by atoms with Crippen LogP contribution in [0.2, 0.25) is 0 Å². The lowest BCUT2D eigenvalue weighted by molar-refractivity contribution is -0.141. The van der Waals surface area contributed by atoms with Crippen molar-refractivity contribution in [1.29, 1.82) is 0 Å². The van der Waals surface area contributed by atoms with Crippen LogP contribution in [0.25, 0.3) is 0 Å². The van der Waals surface area contributed by atoms with Crippen molar-refractivity contribution in [2.45, 2.75) is 31.8 Å². The zero-order valence-electron chi connectivity index (χ0n) is 11.3. The standard InChI is InChI=1S/C11H16N4O6/c1-2-6-9(18)14-8(17)4-15(6)11(21)13-5(10(19)20)3-7(12)16/h5-6H,2-4H2,1H3,(H2,12,16)(H,13,21)(H,19,20)(H,14,17,18). The summed E-state index contributed by atoms with van der Waals surface area (Å²) in [6.07, 6.45) is -0.341. The number of carbonyl (C=O) groups excluding carboxylic acids is 4. The first kappa shape index (κ1) is 16.4. The first-order valence-corrected chi connectivity index (χ1v) is 6.18. The number of nitrogens with one attached hydrogen (secondary N) is 2. The minimum absolute atomic E-state index is 0.250. The maximum atomic E-state index is 12.0. The van der Waals surface area contributed by atoms with Gasteiger partial charge >= 0.3 is 12.0 Å². The topological polar surface area (TPSA) is 159 Å². The second-order valence-electron chi connectivity index (χ2n) is 4.48. The number of carboxylic acid groups (broad SMARTS) is 1. The van der Waals surface area contributed by atoms with Gasteiger partial charge in [-0.25, -0.2) is 9.59 Å². The first-order chi connectivity index (χ1) is 9.76. The molecule has 5 N–H and O–H groups in total. The number of amides is 5. The van der Waals surface area contributed by atoms with Crippen molar-refractivity contribution in [3.8, 4) is 0 Å². The molecule has 10 heteroatoms. The molecule has 0 aromatic carbocycles. The Balaban J connectivity index is 2.83. The third-order valence-electron chi connectivity index (χ3n) is 2.90. The van der Waals surface area contributed by atoms with Crippen molar-refractivity contribution in [3.05, 3.63) is 0 Å². The Hall–Kier alpha value is -2.65. The van der Waals surface area contributed by atoms with Gasteiger partial charge in [0.15, 0.2) is 0 Å². The van der Waals surface area contributed by atoms with Crippen molar-refractivity contribution in [2.75, 3.05) is 6.54 Å². The molecule has 1 aliphatic rings. The van der Waals surface area contributed by atoms with Gasteiger partial charge in [-0.15, -0.1) is 0 Å². The van der Waals surface area contributed by atoms with Gasteiger partial charge in [0.1, 0.15) is 18.6 Å². The molecule has 10 nitrogen and oxygen atoms in total. The summed E-state index contributed by atoms with van der Waals surface area (Å²) >= 11 is 0. The summed E-state index contributed by atoms with van der Waals surface area (Å²) in [6.45, 7) is 1.26. The molecule has 0 spiro atoms. The zero-order chi connectivity index (χ0) is 16.2. The summed E-state index contributed by atoms with van der Waals surface area (Å²) in [7, 11) is 0. The van der Waals surface area contributed by atoms with Crippen LogP contribution in [0.3, 0.4) is 0 Å². The Labute approximate surface area is 119 Å². The van der Waals surface area contributed by atoms with Crippen molar-refractivity contribution < 1.29 is 29.1 Å². The van der Waals surface area contributed by atoms with Crippen molar-refractivity contribution in [2.24, 2.45) is 5.73 Å². The number of primary amides is 1. The van der Waals surface area contributed by atoms with Gasteiger partial charge in [-0.1, -0.05) is 6.92 Å². The van der Waals surface area contributed by atoms with Gasteiger partial charge in [-0.2, -0.15) is 0 Å². The van der Waals surface area contributed by atoms with Crippen LogP contribution in [0.1, 0.15) is 19.8 Å². The molecule has 116 valence electrons. The fraction of sp³-hybridized carbons (Fsp3) is 0.545. The summed E-state index contributed by atoms with van der Waals surface area (Å²) in [4.78, 5) is 57.6. The Morgan fingerprint density at radius 1 is 1.48 bits per heavy atom. The minimum Gasteiger partial charge on any atom is -0.480 e. The van der Waals surface area contributed by atoms with E-state index in [0.29, 0.717) is 0 Å². The van der Waals surface area contributed by atoms with Crippen molar-refractivity contribution >= 4 is 29.7 Å². The minimum atomic E-state index is -1.52. The molecule has 1 saturated heterocycles. The number of aliphatic carboxylic acids is 1. The van der Waals surface area contributed by atoms with Crippen LogP contribution in [-0.2, 0) is 19.2 Å². The fourth-order valence-electron chi connectivity index (χ4n) is 1.92. The Morgan fingerprint density at radius 3 is 2.57 bits per heavy atom. The molecule has 5 amide bonds. The molecular weight excluding hydrogens is 284 g/mol. The van der Waals surface area contributed by atoms with Crippen molar-refractivity contribution in [3.63, 3.8) is 0 Å². The first-order valence-electron chi connectivity index (χ1n) is 6.18. The number of imide groups is 1. The van der Waals surface area contributed by atoms with Crippen molar-refractivity contribution in [1.82, 2.24) is 15.5 Å². The molecule has 1 aliphatic heterocycles. The number of rotatable bonds is 5. The molecule has 1 rings (SSSR count). The lowest BCUT2D eigenvalue weighted by atomic mass is 10.1. The average Bonchev–Trinajstić information content (AvgIpc) is 2.36. The number of carbonyl (C=O) groups is 5. The van der Waals surface area contributed by atoms with E-state index in [2.05, 4.69) is 10.6 Å². The molecule has 0 aliphatic carbocycles.